The van der Waals surface area contributed by atoms with Gasteiger partial charge in [0.2, 0.25) is 65.0 Å². The number of nitrogens with two attached hydrogens (primary N) is 5. The van der Waals surface area contributed by atoms with Crippen molar-refractivity contribution in [3.8, 4) is 0 Å². The minimum absolute atomic E-state index is 0.00413. The molecule has 0 spiro atoms. The summed E-state index contributed by atoms with van der Waals surface area (Å²) in [4.78, 5) is 211. The number of nitrogens with zero attached hydrogens (tertiary/aromatic N) is 6. The molecule has 0 bridgehead atoms. The van der Waals surface area contributed by atoms with Gasteiger partial charge in [-0.2, -0.15) is 0 Å². The van der Waals surface area contributed by atoms with E-state index in [0.717, 1.165) is 9.48 Å². The van der Waals surface area contributed by atoms with Gasteiger partial charge < -0.3 is 107 Å². The average Bonchev–Trinajstić information content (AvgIpc) is 1.50. The number of likely N-dealkylation sites (tertiary alicyclic amines) is 2. The summed E-state index contributed by atoms with van der Waals surface area (Å²) in [5, 5.41) is 47.5. The summed E-state index contributed by atoms with van der Waals surface area (Å²) in [6.45, 7) is 6.65. The number of nitrogens with one attached hydrogen (secondary N) is 12. The van der Waals surface area contributed by atoms with E-state index >= 15 is 0 Å². The first-order chi connectivity index (χ1) is 51.2. The highest BCUT2D eigenvalue weighted by atomic mass is 79.9. The molecule has 1 aromatic carbocycles. The van der Waals surface area contributed by atoms with Crippen LogP contribution in [0.2, 0.25) is 0 Å². The van der Waals surface area contributed by atoms with Gasteiger partial charge in [0.15, 0.2) is 11.9 Å². The average molecular weight is 1580 g/mol. The Labute approximate surface area is 634 Å². The maximum absolute atomic E-state index is 14.5. The number of hydrogen-bond acceptors (Lipinski definition) is 19. The van der Waals surface area contributed by atoms with Crippen molar-refractivity contribution in [2.75, 3.05) is 52.4 Å². The molecule has 2 aromatic rings. The second-order valence-corrected chi connectivity index (χ2v) is 28.6. The molecular weight excluding hydrogens is 1470 g/mol. The molecule has 3 fully saturated rings. The van der Waals surface area contributed by atoms with Crippen molar-refractivity contribution in [2.24, 2.45) is 44.6 Å². The molecule has 0 radical (unpaired) electrons. The van der Waals surface area contributed by atoms with Crippen LogP contribution in [-0.4, -0.2) is 248 Å². The summed E-state index contributed by atoms with van der Waals surface area (Å²) in [7, 11) is 0. The van der Waals surface area contributed by atoms with Gasteiger partial charge >= 0.3 is 12.0 Å². The molecule has 598 valence electrons. The molecule has 39 nitrogen and oxygen atoms in total. The van der Waals surface area contributed by atoms with Gasteiger partial charge in [0.25, 0.3) is 5.91 Å². The van der Waals surface area contributed by atoms with E-state index in [1.165, 1.54) is 36.2 Å². The van der Waals surface area contributed by atoms with Gasteiger partial charge in [0.1, 0.15) is 66.0 Å². The van der Waals surface area contributed by atoms with Crippen molar-refractivity contribution >= 4 is 111 Å². The van der Waals surface area contributed by atoms with E-state index < -0.39 is 156 Å². The molecule has 108 heavy (non-hydrogen) atoms. The lowest BCUT2D eigenvalue weighted by atomic mass is 10.00. The largest absolute Gasteiger partial charge is 0.480 e. The van der Waals surface area contributed by atoms with Gasteiger partial charge in [-0.3, -0.25) is 72.9 Å². The van der Waals surface area contributed by atoms with Crippen LogP contribution in [0.25, 0.3) is 0 Å². The van der Waals surface area contributed by atoms with E-state index in [2.05, 4.69) is 94.5 Å². The first kappa shape index (κ1) is 88.4. The number of carbonyl (C=O) groups excluding carboxylic acids is 13. The summed E-state index contributed by atoms with van der Waals surface area (Å²) >= 11 is 3.34. The molecule has 1 aromatic heterocycles. The number of carboxylic acid groups (broad SMARTS) is 1. The minimum Gasteiger partial charge on any atom is -0.480 e. The van der Waals surface area contributed by atoms with Gasteiger partial charge in [0.05, 0.1) is 19.5 Å². The lowest BCUT2D eigenvalue weighted by molar-refractivity contribution is -0.143. The number of aromatic nitrogens is 2. The van der Waals surface area contributed by atoms with E-state index in [9.17, 15) is 77.3 Å². The van der Waals surface area contributed by atoms with E-state index in [0.29, 0.717) is 49.8 Å². The molecule has 0 saturated carbocycles. The third kappa shape index (κ3) is 28.8. The Bertz CT molecular complexity index is 3480. The number of imidazole rings is 1. The van der Waals surface area contributed by atoms with Crippen LogP contribution in [0.5, 0.6) is 0 Å². The predicted octanol–water partition coefficient (Wildman–Crippen LogP) is -4.29. The molecule has 4 heterocycles. The minimum atomic E-state index is -1.82. The van der Waals surface area contributed by atoms with Crippen molar-refractivity contribution < 1.29 is 77.3 Å². The van der Waals surface area contributed by atoms with E-state index in [1.807, 2.05) is 6.92 Å². The number of hydrogen-bond donors (Lipinski definition) is 19. The Morgan fingerprint density at radius 2 is 1.23 bits per heavy atom. The van der Waals surface area contributed by atoms with Crippen LogP contribution in [0.15, 0.2) is 51.2 Å². The number of aliphatic hydroxyl groups excluding tert-OH is 1. The lowest BCUT2D eigenvalue weighted by Crippen LogP contribution is -2.62. The van der Waals surface area contributed by atoms with E-state index in [4.69, 9.17) is 28.7 Å². The molecule has 3 aliphatic rings. The topological polar surface area (TPSA) is 605 Å². The normalized spacial score (nSPS) is 17.3. The van der Waals surface area contributed by atoms with Crippen LogP contribution < -0.4 is 87.3 Å². The Morgan fingerprint density at radius 1 is 0.667 bits per heavy atom. The van der Waals surface area contributed by atoms with Crippen molar-refractivity contribution in [2.45, 2.75) is 216 Å². The van der Waals surface area contributed by atoms with Gasteiger partial charge in [-0.15, -0.1) is 0 Å². The molecule has 3 saturated heterocycles. The molecular formula is C68H108BrN23O16. The Morgan fingerprint density at radius 3 is 1.80 bits per heavy atom. The van der Waals surface area contributed by atoms with Crippen LogP contribution in [0.4, 0.5) is 4.79 Å². The SMILES string of the molecule is CCCC[C@H](NC(=O)[C@@H]1CCCN1C(=O)CNC(=O)[C@H](CCCCN)NC(=O)[C@H](Cc1cnc[nH]1)NC(=O)[C@H](CO)NC(=O)N(CC(C)C)NC(=O)[C@H](CCCN=C(N)N)NC(=O)[C@@H]1CCCN1C(=O)[C@H](CCCN=C(N)N)NC(=O)[C@@H]1CCC(=O)N1)C(=O)NC(C)(C)C(=O)N[C@@H](Cc1ccc(Br)cc1)C(=O)O. The number of hydrazine groups is 1. The zero-order valence-corrected chi connectivity index (χ0v) is 63.3. The fourth-order valence-electron chi connectivity index (χ4n) is 12.2. The van der Waals surface area contributed by atoms with Gasteiger partial charge in [-0.25, -0.2) is 19.6 Å². The number of halogens is 1. The first-order valence-electron chi connectivity index (χ1n) is 36.3. The number of carbonyl (C=O) groups is 14. The number of guanidine groups is 2. The third-order valence-corrected chi connectivity index (χ3v) is 18.6. The summed E-state index contributed by atoms with van der Waals surface area (Å²) in [5.74, 6) is -11.1. The molecule has 0 unspecified atom stereocenters. The molecule has 0 aliphatic carbocycles. The van der Waals surface area contributed by atoms with Gasteiger partial charge in [0, 0.05) is 68.3 Å². The number of amides is 14. The third-order valence-electron chi connectivity index (χ3n) is 18.0. The maximum Gasteiger partial charge on any atom is 0.336 e. The number of unbranched alkanes of at least 4 members (excludes halogenated alkanes) is 2. The number of aliphatic carboxylic acids is 1. The second-order valence-electron chi connectivity index (χ2n) is 27.7. The number of aromatic amines is 1. The van der Waals surface area contributed by atoms with Crippen LogP contribution in [0.1, 0.15) is 149 Å². The van der Waals surface area contributed by atoms with E-state index in [1.54, 1.807) is 38.1 Å². The first-order valence-corrected chi connectivity index (χ1v) is 37.1. The van der Waals surface area contributed by atoms with Crippen molar-refractivity contribution in [1.29, 1.82) is 0 Å². The number of aliphatic imine (C=N–C) groups is 2. The highest BCUT2D eigenvalue weighted by Gasteiger charge is 2.43. The number of aliphatic hydroxyl groups is 1. The molecule has 24 N–H and O–H groups in total. The highest BCUT2D eigenvalue weighted by molar-refractivity contribution is 9.10. The van der Waals surface area contributed by atoms with Crippen LogP contribution >= 0.6 is 15.9 Å². The van der Waals surface area contributed by atoms with Gasteiger partial charge in [-0.05, 0) is 127 Å². The zero-order valence-electron chi connectivity index (χ0n) is 61.8. The summed E-state index contributed by atoms with van der Waals surface area (Å²) in [6, 6.07) is -7.22. The highest BCUT2D eigenvalue weighted by Crippen LogP contribution is 2.23. The van der Waals surface area contributed by atoms with E-state index in [-0.39, 0.29) is 140 Å². The number of carboxylic acids is 1. The standard InChI is InChI=1S/C68H108BrN23O16/c1-6-7-14-43(58(100)88-68(4,5)64(107)86-48(63(105)106)31-39-20-22-40(69)23-21-39)82-60(102)50-18-12-29-90(50)53(95)34-78-54(96)42(15-8-9-26-70)81-56(98)47(32-41-33-75-37-79-41)85-57(99)49(36-93)87-67(108)92(35-38(2)3)89-59(101)44(16-10-27-76-65(71)72)83-61(103)51-19-13-30-91(51)62(104)46(17-11-28-77-66(73)74)84-55(97)45-24-25-52(94)80-45/h20-23,33,37-38,42-51,93H,6-19,24-32,34-36,70H2,1-5H3,(H,75,79)(H,78,96)(H,80,94)(H,81,98)(H,82,102)(H,83,103)(H,84,97)(H,85,99)(H,86,107)(H,87,108)(H,88,100)(H,89,101)(H,105,106)(H4,71,72,76)(H4,73,74,77)/t42-,43-,44-,45-,46-,47-,48-,49-,50-,51-/m0/s1. The molecule has 14 amide bonds. The van der Waals surface area contributed by atoms with Crippen LogP contribution in [0.3, 0.4) is 0 Å². The van der Waals surface area contributed by atoms with Gasteiger partial charge in [-0.1, -0.05) is 61.7 Å². The summed E-state index contributed by atoms with van der Waals surface area (Å²) < 4.78 is 0.775. The summed E-state index contributed by atoms with van der Waals surface area (Å²) in [6.07, 6.45) is 5.92. The molecule has 3 aliphatic heterocycles. The fourth-order valence-corrected chi connectivity index (χ4v) is 12.5. The maximum atomic E-state index is 14.5. The molecule has 40 heteroatoms. The predicted molar refractivity (Wildman–Crippen MR) is 397 cm³/mol. The Kier molecular flexibility index (Phi) is 36.1. The number of urea groups is 1. The Balaban J connectivity index is 1.26. The quantitative estimate of drug-likeness (QED) is 0.0129. The number of rotatable bonds is 43. The molecule has 5 rings (SSSR count). The Hall–Kier alpha value is -10.3. The fraction of sp³-hybridized carbons (Fsp3) is 0.632. The molecule has 10 atom stereocenters. The van der Waals surface area contributed by atoms with Crippen molar-refractivity contribution in [3.05, 3.63) is 52.5 Å². The monoisotopic (exact) mass is 1580 g/mol. The zero-order chi connectivity index (χ0) is 79.8. The van der Waals surface area contributed by atoms with Crippen LogP contribution in [0, 0.1) is 5.92 Å². The second kappa shape index (κ2) is 44.1. The summed E-state index contributed by atoms with van der Waals surface area (Å²) in [5.41, 5.74) is 29.7. The van der Waals surface area contributed by atoms with Crippen molar-refractivity contribution in [3.63, 3.8) is 0 Å². The smallest absolute Gasteiger partial charge is 0.336 e. The number of benzene rings is 1. The lowest BCUT2D eigenvalue weighted by Gasteiger charge is -2.31. The number of H-pyrrole nitrogens is 1. The van der Waals surface area contributed by atoms with Crippen molar-refractivity contribution in [1.82, 2.24) is 83.4 Å². The van der Waals surface area contributed by atoms with Crippen LogP contribution in [-0.2, 0) is 75.2 Å².